The van der Waals surface area contributed by atoms with Crippen LogP contribution in [-0.4, -0.2) is 32.6 Å². The van der Waals surface area contributed by atoms with Crippen molar-refractivity contribution >= 4 is 23.4 Å². The van der Waals surface area contributed by atoms with Gasteiger partial charge in [0, 0.05) is 43.3 Å². The van der Waals surface area contributed by atoms with Gasteiger partial charge in [0.25, 0.3) is 0 Å². The van der Waals surface area contributed by atoms with Gasteiger partial charge in [0.05, 0.1) is 11.4 Å². The summed E-state index contributed by atoms with van der Waals surface area (Å²) in [5, 5.41) is 4.36. The Morgan fingerprint density at radius 1 is 1.14 bits per heavy atom. The quantitative estimate of drug-likeness (QED) is 0.604. The molecular weight excluding hydrogens is 387 g/mol. The molecule has 1 N–H and O–H groups in total. The summed E-state index contributed by atoms with van der Waals surface area (Å²) in [4.78, 5) is 20.7. The van der Waals surface area contributed by atoms with Crippen LogP contribution in [0.4, 0.5) is 10.2 Å². The molecule has 1 aromatic carbocycles. The number of benzene rings is 1. The van der Waals surface area contributed by atoms with Crippen molar-refractivity contribution in [3.8, 4) is 22.5 Å². The maximum absolute atomic E-state index is 13.4. The van der Waals surface area contributed by atoms with E-state index in [9.17, 15) is 9.18 Å². The number of thioether (sulfide) groups is 1. The highest BCUT2D eigenvalue weighted by Gasteiger charge is 2.21. The van der Waals surface area contributed by atoms with Crippen LogP contribution in [0.3, 0.4) is 0 Å². The van der Waals surface area contributed by atoms with Crippen LogP contribution in [0, 0.1) is 5.82 Å². The topological polar surface area (TPSA) is 59.8 Å². The van der Waals surface area contributed by atoms with E-state index >= 15 is 0 Å². The molecule has 1 saturated carbocycles. The third-order valence-electron chi connectivity index (χ3n) is 5.28. The molecule has 5 nitrogen and oxygen atoms in total. The summed E-state index contributed by atoms with van der Waals surface area (Å²) in [6.45, 7) is 0. The first-order valence-electron chi connectivity index (χ1n) is 9.66. The molecule has 0 radical (unpaired) electrons. The zero-order chi connectivity index (χ0) is 20.4. The number of imidazole rings is 1. The zero-order valence-corrected chi connectivity index (χ0v) is 17.3. The van der Waals surface area contributed by atoms with Crippen LogP contribution in [0.2, 0.25) is 0 Å². The molecule has 2 heterocycles. The Balaban J connectivity index is 1.70. The second-order valence-corrected chi connectivity index (χ2v) is 8.02. The molecule has 150 valence electrons. The van der Waals surface area contributed by atoms with Gasteiger partial charge < -0.3 is 9.88 Å². The van der Waals surface area contributed by atoms with Gasteiger partial charge in [-0.2, -0.15) is 0 Å². The van der Waals surface area contributed by atoms with Gasteiger partial charge >= 0.3 is 0 Å². The second-order valence-electron chi connectivity index (χ2n) is 7.25. The predicted molar refractivity (Wildman–Crippen MR) is 114 cm³/mol. The molecule has 0 bridgehead atoms. The van der Waals surface area contributed by atoms with Crippen LogP contribution in [0.15, 0.2) is 47.8 Å². The average Bonchev–Trinajstić information content (AvgIpc) is 3.07. The van der Waals surface area contributed by atoms with Crippen LogP contribution in [0.25, 0.3) is 22.5 Å². The molecule has 1 aliphatic carbocycles. The van der Waals surface area contributed by atoms with Gasteiger partial charge in [-0.15, -0.1) is 0 Å². The third-order valence-corrected chi connectivity index (χ3v) is 6.01. The number of carbonyl (C=O) groups is 1. The van der Waals surface area contributed by atoms with E-state index in [2.05, 4.69) is 14.9 Å². The molecule has 0 saturated heterocycles. The Hall–Kier alpha value is -2.67. The fourth-order valence-corrected chi connectivity index (χ4v) is 4.30. The maximum atomic E-state index is 13.4. The first kappa shape index (κ1) is 19.6. The Labute approximate surface area is 173 Å². The van der Waals surface area contributed by atoms with Gasteiger partial charge in [0.1, 0.15) is 17.4 Å². The SMILES string of the molecule is CSc1nc(-c2ccc(F)cc2)c(-c2ccnc(NC3CCC(=O)CC3)c2)n1C. The molecule has 2 aromatic heterocycles. The van der Waals surface area contributed by atoms with Crippen molar-refractivity contribution in [2.75, 3.05) is 11.6 Å². The standard InChI is InChI=1S/C22H23FN4OS/c1-27-21(20(26-22(27)29-2)14-3-5-16(23)6-4-14)15-11-12-24-19(13-15)25-17-7-9-18(28)10-8-17/h3-6,11-13,17H,7-10H2,1-2H3,(H,24,25). The Morgan fingerprint density at radius 2 is 1.86 bits per heavy atom. The lowest BCUT2D eigenvalue weighted by atomic mass is 9.94. The van der Waals surface area contributed by atoms with E-state index in [1.165, 1.54) is 12.1 Å². The Kier molecular flexibility index (Phi) is 5.67. The summed E-state index contributed by atoms with van der Waals surface area (Å²) < 4.78 is 15.5. The minimum atomic E-state index is -0.266. The second kappa shape index (κ2) is 8.37. The molecule has 1 aliphatic rings. The van der Waals surface area contributed by atoms with E-state index < -0.39 is 0 Å². The molecule has 4 rings (SSSR count). The highest BCUT2D eigenvalue weighted by Crippen LogP contribution is 2.35. The number of ketones is 1. The lowest BCUT2D eigenvalue weighted by Crippen LogP contribution is -2.26. The third kappa shape index (κ3) is 4.19. The number of anilines is 1. The number of hydrogen-bond acceptors (Lipinski definition) is 5. The Morgan fingerprint density at radius 3 is 2.55 bits per heavy atom. The van der Waals surface area contributed by atoms with Gasteiger partial charge in [0.2, 0.25) is 0 Å². The van der Waals surface area contributed by atoms with E-state index in [-0.39, 0.29) is 11.9 Å². The molecule has 0 spiro atoms. The number of hydrogen-bond donors (Lipinski definition) is 1. The summed E-state index contributed by atoms with van der Waals surface area (Å²) in [6, 6.07) is 10.7. The number of carbonyl (C=O) groups excluding carboxylic acids is 1. The number of rotatable bonds is 5. The van der Waals surface area contributed by atoms with E-state index in [0.29, 0.717) is 18.6 Å². The highest BCUT2D eigenvalue weighted by atomic mass is 32.2. The zero-order valence-electron chi connectivity index (χ0n) is 16.5. The number of nitrogens with one attached hydrogen (secondary N) is 1. The van der Waals surface area contributed by atoms with Gasteiger partial charge in [-0.3, -0.25) is 4.79 Å². The first-order chi connectivity index (χ1) is 14.0. The number of nitrogens with zero attached hydrogens (tertiary/aromatic N) is 3. The maximum Gasteiger partial charge on any atom is 0.168 e. The molecule has 0 aliphatic heterocycles. The first-order valence-corrected chi connectivity index (χ1v) is 10.9. The van der Waals surface area contributed by atoms with Gasteiger partial charge in [-0.25, -0.2) is 14.4 Å². The summed E-state index contributed by atoms with van der Waals surface area (Å²) in [5.74, 6) is 0.865. The van der Waals surface area contributed by atoms with E-state index in [1.807, 2.05) is 25.4 Å². The summed E-state index contributed by atoms with van der Waals surface area (Å²) >= 11 is 1.57. The lowest BCUT2D eigenvalue weighted by molar-refractivity contribution is -0.120. The fourth-order valence-electron chi connectivity index (χ4n) is 3.75. The van der Waals surface area contributed by atoms with Crippen molar-refractivity contribution in [2.24, 2.45) is 7.05 Å². The number of Topliss-reactive ketones (excluding diaryl/α,β-unsaturated/α-hetero) is 1. The van der Waals surface area contributed by atoms with Crippen molar-refractivity contribution in [1.82, 2.24) is 14.5 Å². The molecule has 0 atom stereocenters. The highest BCUT2D eigenvalue weighted by molar-refractivity contribution is 7.98. The van der Waals surface area contributed by atoms with Crippen LogP contribution in [0.1, 0.15) is 25.7 Å². The van der Waals surface area contributed by atoms with Crippen molar-refractivity contribution in [3.05, 3.63) is 48.4 Å². The van der Waals surface area contributed by atoms with Gasteiger partial charge in [0.15, 0.2) is 5.16 Å². The normalized spacial score (nSPS) is 14.9. The van der Waals surface area contributed by atoms with E-state index in [0.717, 1.165) is 46.3 Å². The summed E-state index contributed by atoms with van der Waals surface area (Å²) in [5.41, 5.74) is 3.64. The molecule has 7 heteroatoms. The number of pyridine rings is 1. The largest absolute Gasteiger partial charge is 0.367 e. The van der Waals surface area contributed by atoms with E-state index in [1.54, 1.807) is 30.1 Å². The van der Waals surface area contributed by atoms with Crippen molar-refractivity contribution in [1.29, 1.82) is 0 Å². The van der Waals surface area contributed by atoms with Gasteiger partial charge in [-0.05, 0) is 55.5 Å². The van der Waals surface area contributed by atoms with Crippen molar-refractivity contribution in [2.45, 2.75) is 36.9 Å². The summed E-state index contributed by atoms with van der Waals surface area (Å²) in [6.07, 6.45) is 6.72. The molecule has 3 aromatic rings. The van der Waals surface area contributed by atoms with Crippen LogP contribution < -0.4 is 5.32 Å². The van der Waals surface area contributed by atoms with Crippen molar-refractivity contribution in [3.63, 3.8) is 0 Å². The minimum absolute atomic E-state index is 0.264. The fraction of sp³-hybridized carbons (Fsp3) is 0.318. The van der Waals surface area contributed by atoms with Crippen LogP contribution in [-0.2, 0) is 11.8 Å². The Bertz CT molecular complexity index is 1020. The number of halogens is 1. The smallest absolute Gasteiger partial charge is 0.168 e. The predicted octanol–water partition coefficient (Wildman–Crippen LogP) is 4.93. The number of aromatic nitrogens is 3. The van der Waals surface area contributed by atoms with Crippen LogP contribution in [0.5, 0.6) is 0 Å². The average molecular weight is 411 g/mol. The molecule has 0 unspecified atom stereocenters. The van der Waals surface area contributed by atoms with Crippen molar-refractivity contribution < 1.29 is 9.18 Å². The summed E-state index contributed by atoms with van der Waals surface area (Å²) in [7, 11) is 1.99. The minimum Gasteiger partial charge on any atom is -0.367 e. The lowest BCUT2D eigenvalue weighted by Gasteiger charge is -2.22. The molecular formula is C22H23FN4OS. The van der Waals surface area contributed by atoms with Gasteiger partial charge in [-0.1, -0.05) is 11.8 Å². The van der Waals surface area contributed by atoms with E-state index in [4.69, 9.17) is 4.98 Å². The monoisotopic (exact) mass is 410 g/mol. The molecule has 29 heavy (non-hydrogen) atoms. The molecule has 1 fully saturated rings. The molecule has 0 amide bonds. The van der Waals surface area contributed by atoms with Crippen LogP contribution >= 0.6 is 11.8 Å².